The summed E-state index contributed by atoms with van der Waals surface area (Å²) >= 11 is 0. The zero-order valence-corrected chi connectivity index (χ0v) is 10.4. The van der Waals surface area contributed by atoms with Crippen LogP contribution in [0.25, 0.3) is 23.0 Å². The Bertz CT molecular complexity index is 703. The molecule has 0 amide bonds. The zero-order valence-electron chi connectivity index (χ0n) is 10.4. The number of anilines is 1. The van der Waals surface area contributed by atoms with Crippen molar-refractivity contribution in [3.8, 4) is 23.0 Å². The molecule has 0 saturated carbocycles. The lowest BCUT2D eigenvalue weighted by Crippen LogP contribution is -1.92. The molecule has 5 nitrogen and oxygen atoms in total. The molecule has 0 unspecified atom stereocenters. The van der Waals surface area contributed by atoms with Gasteiger partial charge >= 0.3 is 0 Å². The molecule has 0 aliphatic carbocycles. The summed E-state index contributed by atoms with van der Waals surface area (Å²) in [5, 5.41) is 3.95. The zero-order chi connectivity index (χ0) is 13.2. The van der Waals surface area contributed by atoms with Crippen LogP contribution in [-0.4, -0.2) is 15.1 Å². The Labute approximate surface area is 110 Å². The monoisotopic (exact) mass is 252 g/mol. The standard InChI is InChI=1S/C14H12N4O/c1-9-4-6-10(7-5-9)13-17-14(19-18-13)12-11(15)3-2-8-16-12/h2-8H,15H2,1H3. The fourth-order valence-electron chi connectivity index (χ4n) is 1.74. The number of nitrogens with zero attached hydrogens (tertiary/aromatic N) is 3. The van der Waals surface area contributed by atoms with Gasteiger partial charge in [0.15, 0.2) is 5.69 Å². The van der Waals surface area contributed by atoms with Crippen molar-refractivity contribution in [2.75, 3.05) is 5.73 Å². The molecular weight excluding hydrogens is 240 g/mol. The van der Waals surface area contributed by atoms with Gasteiger partial charge in [-0.15, -0.1) is 0 Å². The van der Waals surface area contributed by atoms with E-state index in [1.165, 1.54) is 5.56 Å². The maximum absolute atomic E-state index is 5.83. The summed E-state index contributed by atoms with van der Waals surface area (Å²) in [7, 11) is 0. The second kappa shape index (κ2) is 4.53. The van der Waals surface area contributed by atoms with E-state index in [4.69, 9.17) is 10.3 Å². The third kappa shape index (κ3) is 2.18. The number of hydrogen-bond acceptors (Lipinski definition) is 5. The van der Waals surface area contributed by atoms with Crippen molar-refractivity contribution in [1.29, 1.82) is 0 Å². The topological polar surface area (TPSA) is 77.8 Å². The van der Waals surface area contributed by atoms with Crippen LogP contribution >= 0.6 is 0 Å². The first kappa shape index (κ1) is 11.4. The highest BCUT2D eigenvalue weighted by molar-refractivity contribution is 5.67. The Morgan fingerprint density at radius 2 is 1.89 bits per heavy atom. The average Bonchev–Trinajstić information content (AvgIpc) is 2.89. The van der Waals surface area contributed by atoms with Crippen LogP contribution in [0.4, 0.5) is 5.69 Å². The predicted molar refractivity (Wildman–Crippen MR) is 72.1 cm³/mol. The van der Waals surface area contributed by atoms with Crippen LogP contribution in [0.1, 0.15) is 5.56 Å². The lowest BCUT2D eigenvalue weighted by Gasteiger charge is -1.97. The van der Waals surface area contributed by atoms with Crippen molar-refractivity contribution >= 4 is 5.69 Å². The Morgan fingerprint density at radius 3 is 2.63 bits per heavy atom. The van der Waals surface area contributed by atoms with E-state index in [0.29, 0.717) is 23.1 Å². The molecule has 2 heterocycles. The second-order valence-corrected chi connectivity index (χ2v) is 4.23. The van der Waals surface area contributed by atoms with E-state index in [1.54, 1.807) is 18.3 Å². The first-order valence-corrected chi connectivity index (χ1v) is 5.85. The fourth-order valence-corrected chi connectivity index (χ4v) is 1.74. The summed E-state index contributed by atoms with van der Waals surface area (Å²) in [5.74, 6) is 0.855. The molecule has 0 radical (unpaired) electrons. The van der Waals surface area contributed by atoms with Crippen molar-refractivity contribution in [2.45, 2.75) is 6.92 Å². The predicted octanol–water partition coefficient (Wildman–Crippen LogP) is 2.69. The second-order valence-electron chi connectivity index (χ2n) is 4.23. The van der Waals surface area contributed by atoms with Crippen molar-refractivity contribution in [3.05, 3.63) is 48.2 Å². The van der Waals surface area contributed by atoms with E-state index in [0.717, 1.165) is 5.56 Å². The number of aromatic nitrogens is 3. The van der Waals surface area contributed by atoms with Gasteiger partial charge in [-0.2, -0.15) is 4.98 Å². The van der Waals surface area contributed by atoms with Crippen molar-refractivity contribution in [1.82, 2.24) is 15.1 Å². The normalized spacial score (nSPS) is 10.6. The molecule has 0 fully saturated rings. The summed E-state index contributed by atoms with van der Waals surface area (Å²) < 4.78 is 5.21. The van der Waals surface area contributed by atoms with E-state index >= 15 is 0 Å². The van der Waals surface area contributed by atoms with Gasteiger partial charge in [0.05, 0.1) is 5.69 Å². The molecule has 2 N–H and O–H groups in total. The third-order valence-corrected chi connectivity index (χ3v) is 2.78. The number of nitrogen functional groups attached to an aromatic ring is 1. The van der Waals surface area contributed by atoms with Crippen molar-refractivity contribution in [2.24, 2.45) is 0 Å². The number of pyridine rings is 1. The van der Waals surface area contributed by atoms with Gasteiger partial charge in [-0.25, -0.2) is 4.98 Å². The molecule has 0 aliphatic rings. The minimum Gasteiger partial charge on any atom is -0.397 e. The van der Waals surface area contributed by atoms with Crippen molar-refractivity contribution < 1.29 is 4.52 Å². The third-order valence-electron chi connectivity index (χ3n) is 2.78. The van der Waals surface area contributed by atoms with Gasteiger partial charge in [0.2, 0.25) is 5.82 Å². The van der Waals surface area contributed by atoms with Gasteiger partial charge in [-0.3, -0.25) is 0 Å². The Kier molecular flexibility index (Phi) is 2.72. The Morgan fingerprint density at radius 1 is 1.11 bits per heavy atom. The summed E-state index contributed by atoms with van der Waals surface area (Å²) in [5.41, 5.74) is 8.93. The molecule has 0 atom stereocenters. The van der Waals surface area contributed by atoms with Gasteiger partial charge in [0, 0.05) is 11.8 Å². The van der Waals surface area contributed by atoms with Gasteiger partial charge in [0.1, 0.15) is 0 Å². The smallest absolute Gasteiger partial charge is 0.278 e. The molecule has 5 heteroatoms. The van der Waals surface area contributed by atoms with Crippen LogP contribution in [0, 0.1) is 6.92 Å². The molecule has 0 bridgehead atoms. The first-order chi connectivity index (χ1) is 9.24. The van der Waals surface area contributed by atoms with Gasteiger partial charge in [0.25, 0.3) is 5.89 Å². The molecule has 19 heavy (non-hydrogen) atoms. The molecule has 1 aromatic carbocycles. The van der Waals surface area contributed by atoms with Crippen LogP contribution in [0.15, 0.2) is 47.1 Å². The number of hydrogen-bond donors (Lipinski definition) is 1. The highest BCUT2D eigenvalue weighted by atomic mass is 16.5. The van der Waals surface area contributed by atoms with Gasteiger partial charge in [-0.1, -0.05) is 35.0 Å². The number of nitrogens with two attached hydrogens (primary N) is 1. The van der Waals surface area contributed by atoms with E-state index in [1.807, 2.05) is 31.2 Å². The highest BCUT2D eigenvalue weighted by Crippen LogP contribution is 2.24. The molecule has 94 valence electrons. The average molecular weight is 252 g/mol. The summed E-state index contributed by atoms with van der Waals surface area (Å²) in [6.07, 6.45) is 1.64. The number of aryl methyl sites for hydroxylation is 1. The largest absolute Gasteiger partial charge is 0.397 e. The van der Waals surface area contributed by atoms with Gasteiger partial charge < -0.3 is 10.3 Å². The summed E-state index contributed by atoms with van der Waals surface area (Å²) in [6, 6.07) is 11.4. The molecule has 3 rings (SSSR count). The lowest BCUT2D eigenvalue weighted by molar-refractivity contribution is 0.431. The molecule has 3 aromatic rings. The van der Waals surface area contributed by atoms with E-state index in [9.17, 15) is 0 Å². The maximum atomic E-state index is 5.83. The Hall–Kier alpha value is -2.69. The minimum atomic E-state index is 0.327. The number of benzene rings is 1. The summed E-state index contributed by atoms with van der Waals surface area (Å²) in [6.45, 7) is 2.03. The SMILES string of the molecule is Cc1ccc(-c2noc(-c3ncccc3N)n2)cc1. The quantitative estimate of drug-likeness (QED) is 0.758. The van der Waals surface area contributed by atoms with Crippen LogP contribution in [-0.2, 0) is 0 Å². The Balaban J connectivity index is 2.00. The molecule has 2 aromatic heterocycles. The van der Waals surface area contributed by atoms with Crippen LogP contribution in [0.5, 0.6) is 0 Å². The minimum absolute atomic E-state index is 0.327. The van der Waals surface area contributed by atoms with Crippen molar-refractivity contribution in [3.63, 3.8) is 0 Å². The number of rotatable bonds is 2. The van der Waals surface area contributed by atoms with E-state index < -0.39 is 0 Å². The summed E-state index contributed by atoms with van der Waals surface area (Å²) in [4.78, 5) is 8.47. The van der Waals surface area contributed by atoms with E-state index in [2.05, 4.69) is 15.1 Å². The van der Waals surface area contributed by atoms with Gasteiger partial charge in [-0.05, 0) is 19.1 Å². The maximum Gasteiger partial charge on any atom is 0.278 e. The van der Waals surface area contributed by atoms with Crippen LogP contribution in [0.2, 0.25) is 0 Å². The molecule has 0 saturated heterocycles. The fraction of sp³-hybridized carbons (Fsp3) is 0.0714. The lowest BCUT2D eigenvalue weighted by atomic mass is 10.1. The molecule has 0 aliphatic heterocycles. The van der Waals surface area contributed by atoms with Crippen LogP contribution < -0.4 is 5.73 Å². The van der Waals surface area contributed by atoms with E-state index in [-0.39, 0.29) is 0 Å². The highest BCUT2D eigenvalue weighted by Gasteiger charge is 2.13. The van der Waals surface area contributed by atoms with Crippen LogP contribution in [0.3, 0.4) is 0 Å². The first-order valence-electron chi connectivity index (χ1n) is 5.85. The molecule has 0 spiro atoms. The molecular formula is C14H12N4O.